The maximum atomic E-state index is 11.9. The molecule has 0 aliphatic carbocycles. The third-order valence-corrected chi connectivity index (χ3v) is 3.81. The third kappa shape index (κ3) is 3.35. The van der Waals surface area contributed by atoms with Crippen molar-refractivity contribution in [1.82, 2.24) is 4.90 Å². The van der Waals surface area contributed by atoms with Gasteiger partial charge in [-0.2, -0.15) is 0 Å². The van der Waals surface area contributed by atoms with E-state index in [2.05, 4.69) is 23.0 Å². The van der Waals surface area contributed by atoms with Crippen LogP contribution in [0.15, 0.2) is 29.4 Å². The minimum atomic E-state index is -0.386. The van der Waals surface area contributed by atoms with Gasteiger partial charge >= 0.3 is 6.09 Å². The second-order valence-electron chi connectivity index (χ2n) is 4.91. The zero-order valence-corrected chi connectivity index (χ0v) is 13.0. The van der Waals surface area contributed by atoms with Crippen LogP contribution in [0.4, 0.5) is 10.5 Å². The molecule has 0 N–H and O–H groups in total. The number of para-hydroxylation sites is 1. The van der Waals surface area contributed by atoms with E-state index in [0.29, 0.717) is 13.1 Å². The molecule has 1 amide bonds. The van der Waals surface area contributed by atoms with E-state index in [9.17, 15) is 4.79 Å². The van der Waals surface area contributed by atoms with E-state index >= 15 is 0 Å². The predicted molar refractivity (Wildman–Crippen MR) is 84.9 cm³/mol. The Labute approximate surface area is 126 Å². The molecule has 0 saturated carbocycles. The zero-order chi connectivity index (χ0) is 15.2. The van der Waals surface area contributed by atoms with Gasteiger partial charge in [0.15, 0.2) is 0 Å². The minimum Gasteiger partial charge on any atom is -0.371 e. The highest BCUT2D eigenvalue weighted by Gasteiger charge is 2.21. The van der Waals surface area contributed by atoms with E-state index < -0.39 is 0 Å². The maximum Gasteiger partial charge on any atom is 0.435 e. The Hall–Kier alpha value is -2.04. The molecule has 21 heavy (non-hydrogen) atoms. The average Bonchev–Trinajstić information content (AvgIpc) is 2.53. The summed E-state index contributed by atoms with van der Waals surface area (Å²) in [6, 6.07) is 8.12. The molecule has 5 heteroatoms. The Bertz CT molecular complexity index is 524. The van der Waals surface area contributed by atoms with Crippen LogP contribution in [0.5, 0.6) is 0 Å². The fourth-order valence-electron chi connectivity index (χ4n) is 2.55. The molecule has 0 bridgehead atoms. The number of rotatable bonds is 4. The van der Waals surface area contributed by atoms with Crippen LogP contribution >= 0.6 is 0 Å². The van der Waals surface area contributed by atoms with Gasteiger partial charge in [-0.05, 0) is 26.8 Å². The number of nitrogens with zero attached hydrogens (tertiary/aromatic N) is 3. The summed E-state index contributed by atoms with van der Waals surface area (Å²) < 4.78 is 0. The maximum absolute atomic E-state index is 11.9. The van der Waals surface area contributed by atoms with Crippen LogP contribution < -0.4 is 4.90 Å². The fourth-order valence-corrected chi connectivity index (χ4v) is 2.55. The van der Waals surface area contributed by atoms with Crippen LogP contribution in [0.2, 0.25) is 0 Å². The van der Waals surface area contributed by atoms with Crippen molar-refractivity contribution in [3.8, 4) is 0 Å². The lowest BCUT2D eigenvalue weighted by molar-refractivity contribution is 0.109. The van der Waals surface area contributed by atoms with Crippen LogP contribution in [-0.4, -0.2) is 42.9 Å². The number of carbonyl (C=O) groups excluding carboxylic acids is 1. The number of amides is 1. The van der Waals surface area contributed by atoms with Crippen molar-refractivity contribution in [2.75, 3.05) is 31.1 Å². The van der Waals surface area contributed by atoms with Gasteiger partial charge in [0, 0.05) is 43.9 Å². The van der Waals surface area contributed by atoms with Gasteiger partial charge in [0.2, 0.25) is 0 Å². The Kier molecular flexibility index (Phi) is 5.20. The van der Waals surface area contributed by atoms with Crippen molar-refractivity contribution in [2.45, 2.75) is 27.2 Å². The molecule has 1 heterocycles. The summed E-state index contributed by atoms with van der Waals surface area (Å²) >= 11 is 0. The first-order valence-corrected chi connectivity index (χ1v) is 7.58. The van der Waals surface area contributed by atoms with Crippen molar-refractivity contribution in [1.29, 1.82) is 0 Å². The number of hydrogen-bond acceptors (Lipinski definition) is 4. The van der Waals surface area contributed by atoms with Crippen LogP contribution in [-0.2, 0) is 4.84 Å². The molecule has 1 aromatic carbocycles. The summed E-state index contributed by atoms with van der Waals surface area (Å²) in [4.78, 5) is 20.9. The van der Waals surface area contributed by atoms with Gasteiger partial charge in [0.05, 0.1) is 5.71 Å². The van der Waals surface area contributed by atoms with Gasteiger partial charge in [-0.3, -0.25) is 4.84 Å². The standard InChI is InChI=1S/C16H23N3O2/c1-4-18(5-2)16(20)21-17-14-11-12-19(6-3)15-10-8-7-9-13(14)15/h7-10H,4-6,11-12H2,1-3H3/b17-14+. The second kappa shape index (κ2) is 7.11. The van der Waals surface area contributed by atoms with Crippen molar-refractivity contribution in [3.05, 3.63) is 29.8 Å². The van der Waals surface area contributed by atoms with Crippen LogP contribution in [0, 0.1) is 0 Å². The van der Waals surface area contributed by atoms with E-state index in [1.165, 1.54) is 0 Å². The second-order valence-corrected chi connectivity index (χ2v) is 4.91. The molecular weight excluding hydrogens is 266 g/mol. The molecule has 114 valence electrons. The van der Waals surface area contributed by atoms with Crippen molar-refractivity contribution < 1.29 is 9.63 Å². The van der Waals surface area contributed by atoms with Gasteiger partial charge in [-0.25, -0.2) is 4.79 Å². The molecule has 0 fully saturated rings. The quantitative estimate of drug-likeness (QED) is 0.632. The fraction of sp³-hybridized carbons (Fsp3) is 0.500. The molecule has 1 aromatic rings. The third-order valence-electron chi connectivity index (χ3n) is 3.81. The molecule has 0 saturated heterocycles. The van der Waals surface area contributed by atoms with Crippen molar-refractivity contribution in [3.63, 3.8) is 0 Å². The Balaban J connectivity index is 2.18. The Morgan fingerprint density at radius 1 is 1.29 bits per heavy atom. The van der Waals surface area contributed by atoms with Gasteiger partial charge in [0.1, 0.15) is 0 Å². The molecule has 5 nitrogen and oxygen atoms in total. The highest BCUT2D eigenvalue weighted by Crippen LogP contribution is 2.27. The summed E-state index contributed by atoms with van der Waals surface area (Å²) in [5, 5.41) is 4.11. The highest BCUT2D eigenvalue weighted by atomic mass is 16.7. The van der Waals surface area contributed by atoms with Crippen molar-refractivity contribution >= 4 is 17.5 Å². The SMILES string of the molecule is CCN(CC)C(=O)O/N=C1\CCN(CC)c2ccccc21. The average molecular weight is 289 g/mol. The van der Waals surface area contributed by atoms with E-state index in [4.69, 9.17) is 4.84 Å². The summed E-state index contributed by atoms with van der Waals surface area (Å²) in [5.41, 5.74) is 3.05. The molecule has 2 rings (SSSR count). The first-order chi connectivity index (χ1) is 10.2. The molecule has 1 aliphatic heterocycles. The molecule has 0 radical (unpaired) electrons. The van der Waals surface area contributed by atoms with Gasteiger partial charge in [0.25, 0.3) is 0 Å². The van der Waals surface area contributed by atoms with Gasteiger partial charge in [-0.1, -0.05) is 23.4 Å². The summed E-state index contributed by atoms with van der Waals surface area (Å²) in [5.74, 6) is 0. The summed E-state index contributed by atoms with van der Waals surface area (Å²) in [6.45, 7) is 9.10. The molecule has 0 unspecified atom stereocenters. The zero-order valence-electron chi connectivity index (χ0n) is 13.0. The van der Waals surface area contributed by atoms with Gasteiger partial charge < -0.3 is 9.80 Å². The van der Waals surface area contributed by atoms with E-state index in [1.807, 2.05) is 32.0 Å². The molecule has 0 spiro atoms. The summed E-state index contributed by atoms with van der Waals surface area (Å²) in [7, 11) is 0. The van der Waals surface area contributed by atoms with Crippen molar-refractivity contribution in [2.24, 2.45) is 5.16 Å². The van der Waals surface area contributed by atoms with E-state index in [-0.39, 0.29) is 6.09 Å². The predicted octanol–water partition coefficient (Wildman–Crippen LogP) is 3.10. The van der Waals surface area contributed by atoms with Crippen LogP contribution in [0.25, 0.3) is 0 Å². The van der Waals surface area contributed by atoms with Crippen LogP contribution in [0.3, 0.4) is 0 Å². The smallest absolute Gasteiger partial charge is 0.371 e. The van der Waals surface area contributed by atoms with E-state index in [0.717, 1.165) is 36.5 Å². The number of benzene rings is 1. The largest absolute Gasteiger partial charge is 0.435 e. The lowest BCUT2D eigenvalue weighted by Gasteiger charge is -2.30. The normalized spacial score (nSPS) is 15.8. The summed E-state index contributed by atoms with van der Waals surface area (Å²) in [6.07, 6.45) is 0.402. The van der Waals surface area contributed by atoms with Crippen LogP contribution in [0.1, 0.15) is 32.8 Å². The van der Waals surface area contributed by atoms with E-state index in [1.54, 1.807) is 4.90 Å². The Morgan fingerprint density at radius 3 is 2.67 bits per heavy atom. The molecule has 0 aromatic heterocycles. The Morgan fingerprint density at radius 2 is 2.00 bits per heavy atom. The number of fused-ring (bicyclic) bond motifs is 1. The number of hydrogen-bond donors (Lipinski definition) is 0. The van der Waals surface area contributed by atoms with Gasteiger partial charge in [-0.15, -0.1) is 0 Å². The number of anilines is 1. The first-order valence-electron chi connectivity index (χ1n) is 7.58. The molecule has 1 aliphatic rings. The number of oxime groups is 1. The highest BCUT2D eigenvalue weighted by molar-refractivity contribution is 6.06. The lowest BCUT2D eigenvalue weighted by Crippen LogP contribution is -2.33. The minimum absolute atomic E-state index is 0.386. The molecule has 0 atom stereocenters. The monoisotopic (exact) mass is 289 g/mol. The topological polar surface area (TPSA) is 45.1 Å². The number of carbonyl (C=O) groups is 1. The first kappa shape index (κ1) is 15.4. The molecular formula is C16H23N3O2. The lowest BCUT2D eigenvalue weighted by atomic mass is 10.00.